The Labute approximate surface area is 158 Å². The third-order valence-corrected chi connectivity index (χ3v) is 4.68. The van der Waals surface area contributed by atoms with Crippen molar-refractivity contribution in [2.24, 2.45) is 0 Å². The fourth-order valence-electron chi connectivity index (χ4n) is 2.79. The highest BCUT2D eigenvalue weighted by Crippen LogP contribution is 2.32. The van der Waals surface area contributed by atoms with E-state index in [0.717, 1.165) is 27.0 Å². The molecule has 0 atom stereocenters. The SMILES string of the molecule is CN(Cc1ccc2c(c1)OCO2)C(=O)c1cc(-c2ccc(Br)cc2)n[nH]1. The number of H-pyrrole nitrogens is 1. The molecule has 0 aliphatic carbocycles. The molecule has 0 fully saturated rings. The van der Waals surface area contributed by atoms with Gasteiger partial charge >= 0.3 is 0 Å². The van der Waals surface area contributed by atoms with Gasteiger partial charge in [0.2, 0.25) is 6.79 Å². The molecular formula is C19H16BrN3O3. The van der Waals surface area contributed by atoms with E-state index in [2.05, 4.69) is 26.1 Å². The Morgan fingerprint density at radius 1 is 1.15 bits per heavy atom. The van der Waals surface area contributed by atoms with Crippen molar-refractivity contribution in [3.63, 3.8) is 0 Å². The number of hydrogen-bond donors (Lipinski definition) is 1. The number of hydrogen-bond acceptors (Lipinski definition) is 4. The van der Waals surface area contributed by atoms with Gasteiger partial charge in [-0.2, -0.15) is 5.10 Å². The predicted octanol–water partition coefficient (Wildman–Crippen LogP) is 3.84. The number of nitrogens with one attached hydrogen (secondary N) is 1. The monoisotopic (exact) mass is 413 g/mol. The van der Waals surface area contributed by atoms with Gasteiger partial charge in [0.05, 0.1) is 5.69 Å². The molecule has 0 spiro atoms. The summed E-state index contributed by atoms with van der Waals surface area (Å²) in [5.74, 6) is 1.32. The third-order valence-electron chi connectivity index (χ3n) is 4.15. The summed E-state index contributed by atoms with van der Waals surface area (Å²) in [6.45, 7) is 0.697. The fraction of sp³-hybridized carbons (Fsp3) is 0.158. The lowest BCUT2D eigenvalue weighted by atomic mass is 10.1. The van der Waals surface area contributed by atoms with Crippen molar-refractivity contribution in [2.45, 2.75) is 6.54 Å². The Kier molecular flexibility index (Phi) is 4.38. The van der Waals surface area contributed by atoms with E-state index in [4.69, 9.17) is 9.47 Å². The zero-order valence-electron chi connectivity index (χ0n) is 14.0. The summed E-state index contributed by atoms with van der Waals surface area (Å²) < 4.78 is 11.7. The number of ether oxygens (including phenoxy) is 2. The maximum Gasteiger partial charge on any atom is 0.271 e. The second kappa shape index (κ2) is 6.84. The van der Waals surface area contributed by atoms with E-state index in [9.17, 15) is 4.79 Å². The number of fused-ring (bicyclic) bond motifs is 1. The quantitative estimate of drug-likeness (QED) is 0.705. The molecule has 6 nitrogen and oxygen atoms in total. The average Bonchev–Trinajstić information content (AvgIpc) is 3.30. The highest BCUT2D eigenvalue weighted by Gasteiger charge is 2.18. The molecular weight excluding hydrogens is 398 g/mol. The van der Waals surface area contributed by atoms with E-state index < -0.39 is 0 Å². The summed E-state index contributed by atoms with van der Waals surface area (Å²) in [5, 5.41) is 7.08. The van der Waals surface area contributed by atoms with Crippen LogP contribution in [0.15, 0.2) is 53.0 Å². The zero-order chi connectivity index (χ0) is 18.1. The molecule has 0 saturated carbocycles. The summed E-state index contributed by atoms with van der Waals surface area (Å²) in [6, 6.07) is 15.2. The van der Waals surface area contributed by atoms with Gasteiger partial charge in [-0.15, -0.1) is 0 Å². The highest BCUT2D eigenvalue weighted by molar-refractivity contribution is 9.10. The molecule has 1 aliphatic heterocycles. The first-order valence-electron chi connectivity index (χ1n) is 8.05. The summed E-state index contributed by atoms with van der Waals surface area (Å²) in [4.78, 5) is 14.3. The van der Waals surface area contributed by atoms with E-state index in [1.807, 2.05) is 42.5 Å². The molecule has 1 amide bonds. The van der Waals surface area contributed by atoms with Crippen LogP contribution in [0.5, 0.6) is 11.5 Å². The van der Waals surface area contributed by atoms with Crippen LogP contribution in [0.25, 0.3) is 11.3 Å². The lowest BCUT2D eigenvalue weighted by Gasteiger charge is -2.16. The number of rotatable bonds is 4. The van der Waals surface area contributed by atoms with Crippen LogP contribution in [-0.4, -0.2) is 34.8 Å². The van der Waals surface area contributed by atoms with Gasteiger partial charge < -0.3 is 14.4 Å². The number of halogens is 1. The summed E-state index contributed by atoms with van der Waals surface area (Å²) in [5.41, 5.74) is 3.10. The summed E-state index contributed by atoms with van der Waals surface area (Å²) in [7, 11) is 1.76. The van der Waals surface area contributed by atoms with E-state index in [1.165, 1.54) is 0 Å². The first-order valence-corrected chi connectivity index (χ1v) is 8.85. The van der Waals surface area contributed by atoms with Crippen LogP contribution in [0, 0.1) is 0 Å². The van der Waals surface area contributed by atoms with Crippen molar-refractivity contribution in [3.8, 4) is 22.8 Å². The molecule has 0 radical (unpaired) electrons. The van der Waals surface area contributed by atoms with Crippen molar-refractivity contribution >= 4 is 21.8 Å². The molecule has 0 saturated heterocycles. The number of aromatic amines is 1. The largest absolute Gasteiger partial charge is 0.454 e. The van der Waals surface area contributed by atoms with Crippen molar-refractivity contribution in [1.29, 1.82) is 0 Å². The molecule has 2 aromatic carbocycles. The molecule has 1 N–H and O–H groups in total. The second-order valence-electron chi connectivity index (χ2n) is 6.02. The van der Waals surface area contributed by atoms with Crippen LogP contribution in [0.1, 0.15) is 16.1 Å². The Morgan fingerprint density at radius 2 is 1.92 bits per heavy atom. The Bertz CT molecular complexity index is 953. The Balaban J connectivity index is 1.48. The van der Waals surface area contributed by atoms with Crippen molar-refractivity contribution in [3.05, 3.63) is 64.3 Å². The van der Waals surface area contributed by atoms with Gasteiger partial charge in [0.25, 0.3) is 5.91 Å². The molecule has 2 heterocycles. The lowest BCUT2D eigenvalue weighted by molar-refractivity contribution is 0.0779. The Hall–Kier alpha value is -2.80. The minimum absolute atomic E-state index is 0.126. The van der Waals surface area contributed by atoms with Gasteiger partial charge in [-0.3, -0.25) is 9.89 Å². The predicted molar refractivity (Wildman–Crippen MR) is 100 cm³/mol. The molecule has 1 aromatic heterocycles. The number of carbonyl (C=O) groups is 1. The van der Waals surface area contributed by atoms with Crippen LogP contribution in [0.2, 0.25) is 0 Å². The fourth-order valence-corrected chi connectivity index (χ4v) is 3.05. The molecule has 1 aliphatic rings. The standard InChI is InChI=1S/C19H16BrN3O3/c1-23(10-12-2-7-17-18(8-12)26-11-25-17)19(24)16-9-15(21-22-16)13-3-5-14(20)6-4-13/h2-9H,10-11H2,1H3,(H,21,22). The van der Waals surface area contributed by atoms with Gasteiger partial charge in [-0.25, -0.2) is 0 Å². The third kappa shape index (κ3) is 3.30. The smallest absolute Gasteiger partial charge is 0.271 e. The molecule has 4 rings (SSSR count). The number of amides is 1. The number of benzene rings is 2. The van der Waals surface area contributed by atoms with Crippen molar-refractivity contribution < 1.29 is 14.3 Å². The van der Waals surface area contributed by atoms with Crippen LogP contribution >= 0.6 is 15.9 Å². The number of nitrogens with zero attached hydrogens (tertiary/aromatic N) is 2. The molecule has 0 bridgehead atoms. The lowest BCUT2D eigenvalue weighted by Crippen LogP contribution is -2.26. The molecule has 7 heteroatoms. The van der Waals surface area contributed by atoms with Gasteiger partial charge in [-0.05, 0) is 35.9 Å². The van der Waals surface area contributed by atoms with Gasteiger partial charge in [0.15, 0.2) is 11.5 Å². The van der Waals surface area contributed by atoms with Gasteiger partial charge in [0, 0.05) is 23.6 Å². The number of aromatic nitrogens is 2. The zero-order valence-corrected chi connectivity index (χ0v) is 15.6. The Morgan fingerprint density at radius 3 is 2.73 bits per heavy atom. The van der Waals surface area contributed by atoms with E-state index >= 15 is 0 Å². The molecule has 0 unspecified atom stereocenters. The normalized spacial score (nSPS) is 12.2. The van der Waals surface area contributed by atoms with Crippen LogP contribution in [0.3, 0.4) is 0 Å². The average molecular weight is 414 g/mol. The first-order chi connectivity index (χ1) is 12.6. The van der Waals surface area contributed by atoms with Crippen molar-refractivity contribution in [1.82, 2.24) is 15.1 Å². The molecule has 132 valence electrons. The van der Waals surface area contributed by atoms with Crippen LogP contribution in [-0.2, 0) is 6.54 Å². The van der Waals surface area contributed by atoms with E-state index in [-0.39, 0.29) is 12.7 Å². The topological polar surface area (TPSA) is 67.5 Å². The minimum Gasteiger partial charge on any atom is -0.454 e. The second-order valence-corrected chi connectivity index (χ2v) is 6.94. The summed E-state index contributed by atoms with van der Waals surface area (Å²) >= 11 is 3.41. The summed E-state index contributed by atoms with van der Waals surface area (Å²) in [6.07, 6.45) is 0. The number of carbonyl (C=O) groups excluding carboxylic acids is 1. The van der Waals surface area contributed by atoms with Gasteiger partial charge in [-0.1, -0.05) is 34.1 Å². The maximum absolute atomic E-state index is 12.7. The maximum atomic E-state index is 12.7. The minimum atomic E-state index is -0.126. The first kappa shape index (κ1) is 16.7. The molecule has 26 heavy (non-hydrogen) atoms. The van der Waals surface area contributed by atoms with E-state index in [0.29, 0.717) is 18.0 Å². The van der Waals surface area contributed by atoms with E-state index in [1.54, 1.807) is 18.0 Å². The highest BCUT2D eigenvalue weighted by atomic mass is 79.9. The van der Waals surface area contributed by atoms with Gasteiger partial charge in [0.1, 0.15) is 5.69 Å². The molecule has 3 aromatic rings. The van der Waals surface area contributed by atoms with Crippen molar-refractivity contribution in [2.75, 3.05) is 13.8 Å². The van der Waals surface area contributed by atoms with Crippen LogP contribution < -0.4 is 9.47 Å². The van der Waals surface area contributed by atoms with Crippen LogP contribution in [0.4, 0.5) is 0 Å².